The van der Waals surface area contributed by atoms with Gasteiger partial charge in [0.15, 0.2) is 0 Å². The van der Waals surface area contributed by atoms with Crippen molar-refractivity contribution in [3.05, 3.63) is 30.7 Å². The van der Waals surface area contributed by atoms with E-state index in [0.29, 0.717) is 0 Å². The van der Waals surface area contributed by atoms with Gasteiger partial charge in [0, 0.05) is 42.9 Å². The Morgan fingerprint density at radius 2 is 2.00 bits per heavy atom. The zero-order valence-electron chi connectivity index (χ0n) is 12.8. The fourth-order valence-electron chi connectivity index (χ4n) is 2.39. The number of pyridine rings is 1. The third-order valence-electron chi connectivity index (χ3n) is 3.39. The van der Waals surface area contributed by atoms with Gasteiger partial charge < -0.3 is 21.4 Å². The van der Waals surface area contributed by atoms with Crippen LogP contribution in [0.2, 0.25) is 0 Å². The molecule has 0 unspecified atom stereocenters. The maximum absolute atomic E-state index is 5.69. The summed E-state index contributed by atoms with van der Waals surface area (Å²) in [5, 5.41) is 7.74. The molecule has 0 radical (unpaired) electrons. The van der Waals surface area contributed by atoms with Crippen molar-refractivity contribution in [3.8, 4) is 11.3 Å². The molecule has 0 spiro atoms. The van der Waals surface area contributed by atoms with Gasteiger partial charge >= 0.3 is 0 Å². The quantitative estimate of drug-likeness (QED) is 0.515. The zero-order valence-corrected chi connectivity index (χ0v) is 13.7. The Bertz CT molecular complexity index is 771. The second-order valence-electron chi connectivity index (χ2n) is 4.86. The van der Waals surface area contributed by atoms with Crippen LogP contribution in [-0.4, -0.2) is 39.6 Å². The molecule has 8 heteroatoms. The summed E-state index contributed by atoms with van der Waals surface area (Å²) < 4.78 is 0. The first-order chi connectivity index (χ1) is 10.8. The predicted molar refractivity (Wildman–Crippen MR) is 95.8 cm³/mol. The van der Waals surface area contributed by atoms with Crippen LogP contribution in [0.3, 0.4) is 0 Å². The Morgan fingerprint density at radius 1 is 1.17 bits per heavy atom. The zero-order chi connectivity index (χ0) is 15.4. The average molecular weight is 334 g/mol. The molecule has 0 aliphatic heterocycles. The number of nitrogens with zero attached hydrogens (tertiary/aromatic N) is 3. The number of nitrogens with one attached hydrogen (secondary N) is 3. The summed E-state index contributed by atoms with van der Waals surface area (Å²) in [5.74, 6) is 0.261. The molecule has 0 atom stereocenters. The Balaban J connectivity index is 0.00000192. The van der Waals surface area contributed by atoms with Gasteiger partial charge in [0.1, 0.15) is 5.65 Å². The van der Waals surface area contributed by atoms with E-state index in [0.717, 1.165) is 47.6 Å². The van der Waals surface area contributed by atoms with Crippen LogP contribution in [0.1, 0.15) is 6.92 Å². The Morgan fingerprint density at radius 3 is 2.78 bits per heavy atom. The van der Waals surface area contributed by atoms with Crippen LogP contribution in [0.4, 0.5) is 11.6 Å². The highest BCUT2D eigenvalue weighted by atomic mass is 35.5. The molecule has 7 nitrogen and oxygen atoms in total. The molecule has 0 saturated carbocycles. The standard InChI is InChI=1S/C15H19N7.ClH/c1-2-17-7-8-18-12-4-5-19-14-13(12)10(9-21-14)11-3-6-20-15(16)22-11;/h3-6,9,17H,2,7-8H2,1H3,(H2,16,20,22)(H2,18,19,21);1H. The molecule has 3 heterocycles. The van der Waals surface area contributed by atoms with E-state index in [-0.39, 0.29) is 18.4 Å². The summed E-state index contributed by atoms with van der Waals surface area (Å²) in [6.45, 7) is 4.79. The number of hydrogen-bond acceptors (Lipinski definition) is 6. The van der Waals surface area contributed by atoms with Gasteiger partial charge in [-0.25, -0.2) is 15.0 Å². The molecule has 0 fully saturated rings. The van der Waals surface area contributed by atoms with Gasteiger partial charge in [0.25, 0.3) is 0 Å². The van der Waals surface area contributed by atoms with E-state index in [1.807, 2.05) is 18.3 Å². The summed E-state index contributed by atoms with van der Waals surface area (Å²) >= 11 is 0. The van der Waals surface area contributed by atoms with Crippen molar-refractivity contribution < 1.29 is 0 Å². The number of halogens is 1. The number of aromatic nitrogens is 4. The summed E-state index contributed by atoms with van der Waals surface area (Å²) in [7, 11) is 0. The lowest BCUT2D eigenvalue weighted by Crippen LogP contribution is -2.21. The third-order valence-corrected chi connectivity index (χ3v) is 3.39. The predicted octanol–water partition coefficient (Wildman–Crippen LogP) is 2.05. The second-order valence-corrected chi connectivity index (χ2v) is 4.86. The SMILES string of the molecule is CCNCCNc1ccnc2[nH]cc(-c3ccnc(N)n3)c12.Cl. The normalized spacial score (nSPS) is 10.5. The minimum atomic E-state index is 0. The smallest absolute Gasteiger partial charge is 0.220 e. The summed E-state index contributed by atoms with van der Waals surface area (Å²) in [5.41, 5.74) is 9.27. The first-order valence-corrected chi connectivity index (χ1v) is 7.29. The van der Waals surface area contributed by atoms with Gasteiger partial charge in [-0.1, -0.05) is 6.92 Å². The number of aromatic amines is 1. The van der Waals surface area contributed by atoms with Crippen molar-refractivity contribution in [1.29, 1.82) is 0 Å². The van der Waals surface area contributed by atoms with Crippen molar-refractivity contribution in [2.24, 2.45) is 0 Å². The van der Waals surface area contributed by atoms with Crippen LogP contribution in [0, 0.1) is 0 Å². The fourth-order valence-corrected chi connectivity index (χ4v) is 2.39. The van der Waals surface area contributed by atoms with E-state index in [2.05, 4.69) is 37.5 Å². The van der Waals surface area contributed by atoms with Gasteiger partial charge in [-0.15, -0.1) is 12.4 Å². The Hall–Kier alpha value is -2.38. The van der Waals surface area contributed by atoms with Crippen molar-refractivity contribution in [3.63, 3.8) is 0 Å². The summed E-state index contributed by atoms with van der Waals surface area (Å²) in [4.78, 5) is 15.8. The highest BCUT2D eigenvalue weighted by molar-refractivity contribution is 6.01. The van der Waals surface area contributed by atoms with E-state index >= 15 is 0 Å². The average Bonchev–Trinajstić information content (AvgIpc) is 2.96. The molecule has 3 rings (SSSR count). The lowest BCUT2D eigenvalue weighted by atomic mass is 10.1. The summed E-state index contributed by atoms with van der Waals surface area (Å²) in [6.07, 6.45) is 5.34. The van der Waals surface area contributed by atoms with Crippen molar-refractivity contribution in [2.75, 3.05) is 30.7 Å². The second kappa shape index (κ2) is 7.75. The summed E-state index contributed by atoms with van der Waals surface area (Å²) in [6, 6.07) is 3.81. The van der Waals surface area contributed by atoms with Crippen LogP contribution in [0.25, 0.3) is 22.3 Å². The minimum Gasteiger partial charge on any atom is -0.383 e. The highest BCUT2D eigenvalue weighted by Gasteiger charge is 2.12. The maximum Gasteiger partial charge on any atom is 0.220 e. The maximum atomic E-state index is 5.69. The van der Waals surface area contributed by atoms with E-state index in [9.17, 15) is 0 Å². The van der Waals surface area contributed by atoms with Crippen LogP contribution >= 0.6 is 12.4 Å². The first-order valence-electron chi connectivity index (χ1n) is 7.29. The van der Waals surface area contributed by atoms with Crippen LogP contribution in [0.5, 0.6) is 0 Å². The van der Waals surface area contributed by atoms with E-state index in [1.165, 1.54) is 0 Å². The number of anilines is 2. The number of nitrogens with two attached hydrogens (primary N) is 1. The minimum absolute atomic E-state index is 0. The molecular weight excluding hydrogens is 314 g/mol. The molecule has 5 N–H and O–H groups in total. The molecule has 0 amide bonds. The Kier molecular flexibility index (Phi) is 5.72. The fraction of sp³-hybridized carbons (Fsp3) is 0.267. The number of likely N-dealkylation sites (N-methyl/N-ethyl adjacent to an activating group) is 1. The van der Waals surface area contributed by atoms with E-state index in [4.69, 9.17) is 5.73 Å². The third kappa shape index (κ3) is 3.69. The van der Waals surface area contributed by atoms with Gasteiger partial charge in [0.05, 0.1) is 11.1 Å². The number of H-pyrrole nitrogens is 1. The van der Waals surface area contributed by atoms with Gasteiger partial charge in [-0.3, -0.25) is 0 Å². The topological polar surface area (TPSA) is 105 Å². The Labute approximate surface area is 140 Å². The van der Waals surface area contributed by atoms with Crippen LogP contribution in [-0.2, 0) is 0 Å². The monoisotopic (exact) mass is 333 g/mol. The molecule has 3 aromatic heterocycles. The van der Waals surface area contributed by atoms with Gasteiger partial charge in [0.2, 0.25) is 5.95 Å². The molecule has 0 aliphatic rings. The van der Waals surface area contributed by atoms with Gasteiger partial charge in [-0.2, -0.15) is 0 Å². The number of hydrogen-bond donors (Lipinski definition) is 4. The molecule has 122 valence electrons. The van der Waals surface area contributed by atoms with Gasteiger partial charge in [-0.05, 0) is 18.7 Å². The largest absolute Gasteiger partial charge is 0.383 e. The van der Waals surface area contributed by atoms with Crippen molar-refractivity contribution in [1.82, 2.24) is 25.3 Å². The van der Waals surface area contributed by atoms with Crippen molar-refractivity contribution >= 4 is 35.1 Å². The van der Waals surface area contributed by atoms with Crippen molar-refractivity contribution in [2.45, 2.75) is 6.92 Å². The molecule has 3 aromatic rings. The highest BCUT2D eigenvalue weighted by Crippen LogP contribution is 2.31. The molecule has 0 saturated heterocycles. The molecular formula is C15H20ClN7. The molecule has 0 bridgehead atoms. The number of fused-ring (bicyclic) bond motifs is 1. The number of nitrogen functional groups attached to an aromatic ring is 1. The van der Waals surface area contributed by atoms with Crippen LogP contribution in [0.15, 0.2) is 30.7 Å². The lowest BCUT2D eigenvalue weighted by Gasteiger charge is -2.09. The van der Waals surface area contributed by atoms with E-state index < -0.39 is 0 Å². The molecule has 0 aromatic carbocycles. The van der Waals surface area contributed by atoms with Crippen LogP contribution < -0.4 is 16.4 Å². The lowest BCUT2D eigenvalue weighted by molar-refractivity contribution is 0.739. The molecule has 0 aliphatic carbocycles. The first kappa shape index (κ1) is 17.0. The van der Waals surface area contributed by atoms with E-state index in [1.54, 1.807) is 12.4 Å². The molecule has 23 heavy (non-hydrogen) atoms. The number of rotatable bonds is 6.